The van der Waals surface area contributed by atoms with Crippen LogP contribution in [0.25, 0.3) is 11.1 Å². The molecule has 0 unspecified atom stereocenters. The van der Waals surface area contributed by atoms with E-state index in [-0.39, 0.29) is 29.7 Å². The number of piperidine rings is 1. The Morgan fingerprint density at radius 1 is 1.19 bits per heavy atom. The topological polar surface area (TPSA) is 65.4 Å². The number of ether oxygens (including phenoxy) is 1. The van der Waals surface area contributed by atoms with Crippen LogP contribution in [0.3, 0.4) is 0 Å². The van der Waals surface area contributed by atoms with Gasteiger partial charge in [-0.05, 0) is 106 Å². The number of rotatable bonds is 7. The van der Waals surface area contributed by atoms with Crippen molar-refractivity contribution in [3.05, 3.63) is 71.4 Å². The number of carbonyl (C=O) groups is 1. The minimum Gasteiger partial charge on any atom is -0.474 e. The van der Waals surface area contributed by atoms with E-state index in [0.717, 1.165) is 36.0 Å². The van der Waals surface area contributed by atoms with E-state index in [2.05, 4.69) is 18.0 Å². The van der Waals surface area contributed by atoms with Crippen molar-refractivity contribution in [3.63, 3.8) is 0 Å². The molecular weight excluding hydrogens is 453 g/mol. The molecule has 1 amide bonds. The number of nitrogens with one attached hydrogen (secondary N) is 1. The Bertz CT molecular complexity index is 1170. The highest BCUT2D eigenvalue weighted by Gasteiger charge is 2.50. The van der Waals surface area contributed by atoms with Gasteiger partial charge in [0, 0.05) is 12.5 Å². The average molecular weight is 490 g/mol. The van der Waals surface area contributed by atoms with Crippen molar-refractivity contribution >= 4 is 5.91 Å². The minimum absolute atomic E-state index is 0.138. The molecular formula is C30H36FN3O2. The van der Waals surface area contributed by atoms with Crippen LogP contribution in [0.4, 0.5) is 4.39 Å². The first-order valence-corrected chi connectivity index (χ1v) is 12.7. The zero-order valence-corrected chi connectivity index (χ0v) is 21.9. The van der Waals surface area contributed by atoms with Crippen LogP contribution in [-0.4, -0.2) is 34.5 Å². The standard InChI is InChI=1S/C30H36FN3O2/c1-18-13-24(14-19(2)27(18)31)22-9-7-21(8-10-22)15-25(17-32)33-29(35)28-23-11-12-26(16-23)34(28)20(3)36-30(4,5)6/h7-10,13-14,23,25-26,28H,3,11-12,15-16H2,1-2,4-6H3,(H,33,35)/t23-,25-,26+,28-/m0/s1. The van der Waals surface area contributed by atoms with E-state index < -0.39 is 11.6 Å². The number of nitrogens with zero attached hydrogens (tertiary/aromatic N) is 2. The third-order valence-electron chi connectivity index (χ3n) is 7.20. The van der Waals surface area contributed by atoms with Crippen LogP contribution in [0.15, 0.2) is 48.9 Å². The molecule has 1 heterocycles. The maximum Gasteiger partial charge on any atom is 0.244 e. The highest BCUT2D eigenvalue weighted by molar-refractivity contribution is 5.83. The predicted octanol–water partition coefficient (Wildman–Crippen LogP) is 5.80. The maximum absolute atomic E-state index is 14.0. The van der Waals surface area contributed by atoms with Gasteiger partial charge in [-0.2, -0.15) is 5.26 Å². The number of amides is 1. The number of hydrogen-bond donors (Lipinski definition) is 1. The highest BCUT2D eigenvalue weighted by atomic mass is 19.1. The van der Waals surface area contributed by atoms with Crippen molar-refractivity contribution in [2.24, 2.45) is 5.92 Å². The van der Waals surface area contributed by atoms with Gasteiger partial charge in [0.15, 0.2) is 5.88 Å². The lowest BCUT2D eigenvalue weighted by Gasteiger charge is -2.39. The summed E-state index contributed by atoms with van der Waals surface area (Å²) in [4.78, 5) is 15.4. The first-order chi connectivity index (χ1) is 17.0. The number of nitriles is 1. The Morgan fingerprint density at radius 2 is 1.83 bits per heavy atom. The van der Waals surface area contributed by atoms with E-state index in [1.807, 2.05) is 62.1 Å². The SMILES string of the molecule is C=C(OC(C)(C)C)N1[C@@H]2CC[C@@H](C2)[C@H]1C(=O)N[C@H](C#N)Cc1ccc(-c2cc(C)c(F)c(C)c2)cc1. The lowest BCUT2D eigenvalue weighted by Crippen LogP contribution is -2.52. The molecule has 1 aliphatic heterocycles. The third kappa shape index (κ3) is 5.41. The molecule has 4 atom stereocenters. The summed E-state index contributed by atoms with van der Waals surface area (Å²) in [6, 6.07) is 13.1. The Kier molecular flexibility index (Phi) is 7.13. The fourth-order valence-electron chi connectivity index (χ4n) is 5.66. The molecule has 1 saturated heterocycles. The van der Waals surface area contributed by atoms with E-state index in [1.165, 1.54) is 0 Å². The van der Waals surface area contributed by atoms with Crippen molar-refractivity contribution in [1.29, 1.82) is 5.26 Å². The first kappa shape index (κ1) is 25.8. The van der Waals surface area contributed by atoms with Crippen LogP contribution in [0.5, 0.6) is 0 Å². The van der Waals surface area contributed by atoms with Gasteiger partial charge < -0.3 is 15.0 Å². The molecule has 0 aromatic heterocycles. The zero-order valence-electron chi connectivity index (χ0n) is 21.9. The normalized spacial score (nSPS) is 21.7. The van der Waals surface area contributed by atoms with Crippen molar-refractivity contribution < 1.29 is 13.9 Å². The van der Waals surface area contributed by atoms with E-state index in [9.17, 15) is 14.4 Å². The van der Waals surface area contributed by atoms with Gasteiger partial charge in [0.2, 0.25) is 5.91 Å². The minimum atomic E-state index is -0.642. The highest BCUT2D eigenvalue weighted by Crippen LogP contribution is 2.45. The van der Waals surface area contributed by atoms with Gasteiger partial charge in [-0.25, -0.2) is 4.39 Å². The van der Waals surface area contributed by atoms with E-state index in [0.29, 0.717) is 23.4 Å². The summed E-state index contributed by atoms with van der Waals surface area (Å²) in [5, 5.41) is 12.8. The number of aryl methyl sites for hydroxylation is 2. The quantitative estimate of drug-likeness (QED) is 0.499. The molecule has 2 fully saturated rings. The second kappa shape index (κ2) is 9.97. The Labute approximate surface area is 213 Å². The monoisotopic (exact) mass is 489 g/mol. The lowest BCUT2D eigenvalue weighted by atomic mass is 9.96. The van der Waals surface area contributed by atoms with Crippen molar-refractivity contribution in [1.82, 2.24) is 10.2 Å². The van der Waals surface area contributed by atoms with Gasteiger partial charge in [0.05, 0.1) is 6.07 Å². The predicted molar refractivity (Wildman–Crippen MR) is 139 cm³/mol. The molecule has 2 aromatic rings. The molecule has 1 aliphatic carbocycles. The summed E-state index contributed by atoms with van der Waals surface area (Å²) in [6.45, 7) is 13.6. The molecule has 190 valence electrons. The van der Waals surface area contributed by atoms with Crippen molar-refractivity contribution in [2.45, 2.75) is 84.0 Å². The van der Waals surface area contributed by atoms with Crippen LogP contribution in [0.1, 0.15) is 56.7 Å². The van der Waals surface area contributed by atoms with E-state index in [1.54, 1.807) is 13.8 Å². The van der Waals surface area contributed by atoms with Crippen LogP contribution >= 0.6 is 0 Å². The maximum atomic E-state index is 14.0. The summed E-state index contributed by atoms with van der Waals surface area (Å²) >= 11 is 0. The van der Waals surface area contributed by atoms with E-state index in [4.69, 9.17) is 4.74 Å². The number of hydrogen-bond acceptors (Lipinski definition) is 4. The first-order valence-electron chi connectivity index (χ1n) is 12.7. The lowest BCUT2D eigenvalue weighted by molar-refractivity contribution is -0.130. The molecule has 5 nitrogen and oxygen atoms in total. The van der Waals surface area contributed by atoms with Crippen molar-refractivity contribution in [2.75, 3.05) is 0 Å². The van der Waals surface area contributed by atoms with Gasteiger partial charge in [-0.15, -0.1) is 0 Å². The number of fused-ring (bicyclic) bond motifs is 2. The number of carbonyl (C=O) groups excluding carboxylic acids is 1. The second-order valence-electron chi connectivity index (χ2n) is 11.2. The van der Waals surface area contributed by atoms with Crippen LogP contribution in [0.2, 0.25) is 0 Å². The van der Waals surface area contributed by atoms with E-state index >= 15 is 0 Å². The van der Waals surface area contributed by atoms with Gasteiger partial charge in [-0.3, -0.25) is 4.79 Å². The molecule has 1 N–H and O–H groups in total. The molecule has 6 heteroatoms. The molecule has 2 aromatic carbocycles. The summed E-state index contributed by atoms with van der Waals surface area (Å²) in [5.41, 5.74) is 3.73. The van der Waals surface area contributed by atoms with Gasteiger partial charge in [0.25, 0.3) is 0 Å². The van der Waals surface area contributed by atoms with Crippen molar-refractivity contribution in [3.8, 4) is 17.2 Å². The second-order valence-corrected chi connectivity index (χ2v) is 11.2. The van der Waals surface area contributed by atoms with Crippen LogP contribution in [-0.2, 0) is 16.0 Å². The largest absolute Gasteiger partial charge is 0.474 e. The number of likely N-dealkylation sites (tertiary alicyclic amines) is 1. The molecule has 0 spiro atoms. The molecule has 36 heavy (non-hydrogen) atoms. The Balaban J connectivity index is 1.43. The molecule has 4 rings (SSSR count). The van der Waals surface area contributed by atoms with Gasteiger partial charge in [0.1, 0.15) is 23.5 Å². The van der Waals surface area contributed by atoms with Crippen LogP contribution < -0.4 is 5.32 Å². The summed E-state index contributed by atoms with van der Waals surface area (Å²) in [6.07, 6.45) is 3.39. The van der Waals surface area contributed by atoms with Gasteiger partial charge in [-0.1, -0.05) is 24.3 Å². The van der Waals surface area contributed by atoms with Crippen LogP contribution in [0, 0.1) is 36.9 Å². The molecule has 2 bridgehead atoms. The fourth-order valence-corrected chi connectivity index (χ4v) is 5.66. The zero-order chi connectivity index (χ0) is 26.2. The number of halogens is 1. The summed E-state index contributed by atoms with van der Waals surface area (Å²) in [7, 11) is 0. The smallest absolute Gasteiger partial charge is 0.244 e. The summed E-state index contributed by atoms with van der Waals surface area (Å²) < 4.78 is 20.0. The third-order valence-corrected chi connectivity index (χ3v) is 7.20. The molecule has 0 radical (unpaired) electrons. The summed E-state index contributed by atoms with van der Waals surface area (Å²) in [5.74, 6) is 0.466. The fraction of sp³-hybridized carbons (Fsp3) is 0.467. The molecule has 1 saturated carbocycles. The average Bonchev–Trinajstić information content (AvgIpc) is 3.43. The van der Waals surface area contributed by atoms with Gasteiger partial charge >= 0.3 is 0 Å². The number of benzene rings is 2. The molecule has 2 aliphatic rings. The Morgan fingerprint density at radius 3 is 2.42 bits per heavy atom. The Hall–Kier alpha value is -3.33.